The lowest BCUT2D eigenvalue weighted by molar-refractivity contribution is 0.414. The Kier molecular flexibility index (Phi) is 5.32. The molecule has 0 unspecified atom stereocenters. The molecular weight excluding hydrogens is 375 g/mol. The Balaban J connectivity index is 1.76. The van der Waals surface area contributed by atoms with Gasteiger partial charge in [0.05, 0.1) is 18.3 Å². The van der Waals surface area contributed by atoms with Gasteiger partial charge in [-0.2, -0.15) is 0 Å². The molecule has 0 radical (unpaired) electrons. The van der Waals surface area contributed by atoms with Crippen LogP contribution in [0.15, 0.2) is 35.1 Å². The highest BCUT2D eigenvalue weighted by atomic mass is 35.5. The summed E-state index contributed by atoms with van der Waals surface area (Å²) in [6, 6.07) is 3.52. The molecule has 3 rings (SSSR count). The fraction of sp³-hybridized carbons (Fsp3) is 0.143. The first kappa shape index (κ1) is 16.4. The maximum absolute atomic E-state index is 6.31. The smallest absolute Gasteiger partial charge is 0.175 e. The van der Waals surface area contributed by atoms with Gasteiger partial charge in [-0.25, -0.2) is 0 Å². The van der Waals surface area contributed by atoms with Gasteiger partial charge < -0.3 is 4.74 Å². The number of rotatable bonds is 5. The third kappa shape index (κ3) is 3.74. The van der Waals surface area contributed by atoms with Gasteiger partial charge in [0.15, 0.2) is 9.35 Å². The molecule has 3 aromatic rings. The quantitative estimate of drug-likeness (QED) is 0.598. The van der Waals surface area contributed by atoms with Crippen LogP contribution in [0.3, 0.4) is 0 Å². The summed E-state index contributed by atoms with van der Waals surface area (Å²) in [4.78, 5) is 8.24. The molecule has 0 fully saturated rings. The van der Waals surface area contributed by atoms with Crippen molar-refractivity contribution >= 4 is 46.3 Å². The molecule has 0 aliphatic carbocycles. The van der Waals surface area contributed by atoms with Gasteiger partial charge in [0.25, 0.3) is 0 Å². The van der Waals surface area contributed by atoms with E-state index in [1.165, 1.54) is 23.1 Å². The fourth-order valence-electron chi connectivity index (χ4n) is 1.78. The van der Waals surface area contributed by atoms with E-state index in [2.05, 4.69) is 20.2 Å². The Bertz CT molecular complexity index is 814. The number of methoxy groups -OCH3 is 1. The van der Waals surface area contributed by atoms with E-state index in [-0.39, 0.29) is 0 Å². The summed E-state index contributed by atoms with van der Waals surface area (Å²) < 4.78 is 6.02. The highest BCUT2D eigenvalue weighted by molar-refractivity contribution is 8.00. The largest absolute Gasteiger partial charge is 0.495 e. The third-order valence-electron chi connectivity index (χ3n) is 2.90. The summed E-state index contributed by atoms with van der Waals surface area (Å²) in [5.41, 5.74) is 1.52. The minimum absolute atomic E-state index is 0.520. The second-order valence-electron chi connectivity index (χ2n) is 4.29. The highest BCUT2D eigenvalue weighted by Crippen LogP contribution is 2.38. The molecular formula is C14H10Cl2N4OS2. The maximum Gasteiger partial charge on any atom is 0.175 e. The topological polar surface area (TPSA) is 60.8 Å². The Morgan fingerprint density at radius 2 is 2.09 bits per heavy atom. The molecule has 5 nitrogen and oxygen atoms in total. The first-order chi connectivity index (χ1) is 11.2. The number of thioether (sulfide) groups is 1. The van der Waals surface area contributed by atoms with Crippen LogP contribution in [0.25, 0.3) is 10.7 Å². The van der Waals surface area contributed by atoms with Crippen LogP contribution in [0.4, 0.5) is 0 Å². The van der Waals surface area contributed by atoms with E-state index in [0.29, 0.717) is 27.2 Å². The lowest BCUT2D eigenvalue weighted by Crippen LogP contribution is -1.90. The third-order valence-corrected chi connectivity index (χ3v) is 5.77. The Hall–Kier alpha value is -1.41. The molecule has 2 aromatic heterocycles. The van der Waals surface area contributed by atoms with Crippen molar-refractivity contribution in [3.63, 3.8) is 0 Å². The Labute approximate surface area is 151 Å². The molecule has 0 saturated carbocycles. The average Bonchev–Trinajstić information content (AvgIpc) is 3.05. The maximum atomic E-state index is 6.31. The van der Waals surface area contributed by atoms with Crippen molar-refractivity contribution in [1.29, 1.82) is 0 Å². The molecule has 0 N–H and O–H groups in total. The van der Waals surface area contributed by atoms with Crippen LogP contribution in [-0.4, -0.2) is 27.3 Å². The summed E-state index contributed by atoms with van der Waals surface area (Å²) >= 11 is 15.5. The van der Waals surface area contributed by atoms with E-state index in [9.17, 15) is 0 Å². The molecule has 118 valence electrons. The van der Waals surface area contributed by atoms with E-state index in [1.54, 1.807) is 37.8 Å². The zero-order valence-corrected chi connectivity index (χ0v) is 15.0. The number of halogens is 2. The molecule has 1 aromatic carbocycles. The van der Waals surface area contributed by atoms with E-state index in [0.717, 1.165) is 14.9 Å². The predicted octanol–water partition coefficient (Wildman–Crippen LogP) is 4.60. The van der Waals surface area contributed by atoms with Crippen molar-refractivity contribution in [1.82, 2.24) is 20.2 Å². The Morgan fingerprint density at radius 3 is 2.83 bits per heavy atom. The summed E-state index contributed by atoms with van der Waals surface area (Å²) in [6.07, 6.45) is 4.90. The number of aromatic nitrogens is 4. The van der Waals surface area contributed by atoms with Crippen LogP contribution in [0.5, 0.6) is 5.75 Å². The summed E-state index contributed by atoms with van der Waals surface area (Å²) in [7, 11) is 1.57. The fourth-order valence-corrected chi connectivity index (χ4v) is 4.38. The molecule has 0 saturated heterocycles. The summed E-state index contributed by atoms with van der Waals surface area (Å²) in [5.74, 6) is 1.17. The van der Waals surface area contributed by atoms with Crippen molar-refractivity contribution in [2.24, 2.45) is 0 Å². The first-order valence-corrected chi connectivity index (χ1v) is 8.98. The van der Waals surface area contributed by atoms with Crippen LogP contribution >= 0.6 is 46.3 Å². The number of hydrogen-bond donors (Lipinski definition) is 0. The summed E-state index contributed by atoms with van der Waals surface area (Å²) in [6.45, 7) is 0. The molecule has 0 aliphatic rings. The molecule has 0 bridgehead atoms. The van der Waals surface area contributed by atoms with Crippen molar-refractivity contribution < 1.29 is 4.74 Å². The van der Waals surface area contributed by atoms with Crippen molar-refractivity contribution in [3.05, 3.63) is 46.3 Å². The molecule has 0 aliphatic heterocycles. The second-order valence-corrected chi connectivity index (χ2v) is 7.28. The van der Waals surface area contributed by atoms with E-state index in [1.807, 2.05) is 0 Å². The highest BCUT2D eigenvalue weighted by Gasteiger charge is 2.14. The summed E-state index contributed by atoms with van der Waals surface area (Å²) in [5, 5.41) is 10.1. The van der Waals surface area contributed by atoms with Crippen LogP contribution < -0.4 is 4.74 Å². The number of benzene rings is 1. The van der Waals surface area contributed by atoms with E-state index >= 15 is 0 Å². The van der Waals surface area contributed by atoms with E-state index in [4.69, 9.17) is 27.9 Å². The van der Waals surface area contributed by atoms with Gasteiger partial charge in [-0.05, 0) is 12.1 Å². The minimum atomic E-state index is 0.520. The van der Waals surface area contributed by atoms with Crippen LogP contribution in [0.1, 0.15) is 5.56 Å². The van der Waals surface area contributed by atoms with Gasteiger partial charge in [0.1, 0.15) is 11.4 Å². The molecule has 23 heavy (non-hydrogen) atoms. The van der Waals surface area contributed by atoms with Gasteiger partial charge in [0.2, 0.25) is 0 Å². The van der Waals surface area contributed by atoms with E-state index < -0.39 is 0 Å². The molecule has 0 amide bonds. The molecule has 0 spiro atoms. The van der Waals surface area contributed by atoms with Gasteiger partial charge in [-0.15, -0.1) is 10.2 Å². The normalized spacial score (nSPS) is 10.7. The van der Waals surface area contributed by atoms with Gasteiger partial charge in [-0.3, -0.25) is 9.97 Å². The number of hydrogen-bond acceptors (Lipinski definition) is 7. The molecule has 2 heterocycles. The lowest BCUT2D eigenvalue weighted by Gasteiger charge is -2.09. The zero-order chi connectivity index (χ0) is 16.2. The van der Waals surface area contributed by atoms with Crippen molar-refractivity contribution in [2.75, 3.05) is 7.11 Å². The first-order valence-electron chi connectivity index (χ1n) is 6.42. The Morgan fingerprint density at radius 1 is 1.22 bits per heavy atom. The van der Waals surface area contributed by atoms with Crippen LogP contribution in [0.2, 0.25) is 10.0 Å². The van der Waals surface area contributed by atoms with Gasteiger partial charge >= 0.3 is 0 Å². The second kappa shape index (κ2) is 7.44. The number of nitrogens with zero attached hydrogens (tertiary/aromatic N) is 4. The standard InChI is InChI=1S/C14H10Cl2N4OS2/c1-21-11-3-2-9(15)8(12(11)16)7-22-14-20-19-13(23-14)10-6-17-4-5-18-10/h2-6H,7H2,1H3. The predicted molar refractivity (Wildman–Crippen MR) is 93.5 cm³/mol. The average molecular weight is 385 g/mol. The number of ether oxygens (including phenoxy) is 1. The lowest BCUT2D eigenvalue weighted by atomic mass is 10.2. The monoisotopic (exact) mass is 384 g/mol. The van der Waals surface area contributed by atoms with Gasteiger partial charge in [-0.1, -0.05) is 46.3 Å². The zero-order valence-electron chi connectivity index (χ0n) is 11.9. The van der Waals surface area contributed by atoms with Crippen LogP contribution in [0, 0.1) is 0 Å². The van der Waals surface area contributed by atoms with Crippen LogP contribution in [-0.2, 0) is 5.75 Å². The van der Waals surface area contributed by atoms with Gasteiger partial charge in [0, 0.05) is 28.7 Å². The van der Waals surface area contributed by atoms with Crippen molar-refractivity contribution in [3.8, 4) is 16.5 Å². The SMILES string of the molecule is COc1ccc(Cl)c(CSc2nnc(-c3cnccn3)s2)c1Cl. The molecule has 0 atom stereocenters. The molecule has 9 heteroatoms. The van der Waals surface area contributed by atoms with Crippen molar-refractivity contribution in [2.45, 2.75) is 10.1 Å². The minimum Gasteiger partial charge on any atom is -0.495 e.